The number of benzene rings is 2. The van der Waals surface area contributed by atoms with Crippen LogP contribution in [-0.4, -0.2) is 20.0 Å². The number of nitrogens with two attached hydrogens (primary N) is 1. The molecule has 0 saturated carbocycles. The Bertz CT molecular complexity index is 641. The quantitative estimate of drug-likeness (QED) is 0.847. The van der Waals surface area contributed by atoms with Crippen LogP contribution in [0.15, 0.2) is 46.9 Å². The summed E-state index contributed by atoms with van der Waals surface area (Å²) in [6, 6.07) is 12.7. The summed E-state index contributed by atoms with van der Waals surface area (Å²) in [5.74, 6) is -0.180. The Kier molecular flexibility index (Phi) is 4.29. The molecule has 2 aromatic rings. The van der Waals surface area contributed by atoms with Gasteiger partial charge in [-0.05, 0) is 36.4 Å². The Morgan fingerprint density at radius 2 is 1.95 bits per heavy atom. The summed E-state index contributed by atoms with van der Waals surface area (Å²) in [5, 5.41) is 2.84. The smallest absolute Gasteiger partial charge is 0.255 e. The molecule has 0 bridgehead atoms. The van der Waals surface area contributed by atoms with Crippen molar-refractivity contribution in [2.24, 2.45) is 0 Å². The van der Waals surface area contributed by atoms with Crippen LogP contribution in [0.3, 0.4) is 0 Å². The lowest BCUT2D eigenvalue weighted by molar-refractivity contribution is 0.102. The van der Waals surface area contributed by atoms with Crippen molar-refractivity contribution in [1.29, 1.82) is 0 Å². The fourth-order valence-corrected chi connectivity index (χ4v) is 2.27. The minimum atomic E-state index is -0.180. The number of nitrogen functional groups attached to an aromatic ring is 1. The summed E-state index contributed by atoms with van der Waals surface area (Å²) in [6.45, 7) is 0. The molecular formula is C15H16BrN3O. The fraction of sp³-hybridized carbons (Fsp3) is 0.133. The van der Waals surface area contributed by atoms with Crippen LogP contribution in [0.2, 0.25) is 0 Å². The zero-order valence-electron chi connectivity index (χ0n) is 11.4. The first-order valence-corrected chi connectivity index (χ1v) is 6.90. The first-order valence-electron chi connectivity index (χ1n) is 6.11. The van der Waals surface area contributed by atoms with E-state index in [0.717, 1.165) is 15.8 Å². The number of amides is 1. The standard InChI is InChI=1S/C15H16BrN3O/c1-19(2)14-7-6-10(8-13(14)17)15(20)18-12-5-3-4-11(16)9-12/h3-9H,17H2,1-2H3,(H,18,20). The van der Waals surface area contributed by atoms with Crippen LogP contribution in [0.4, 0.5) is 17.1 Å². The third-order valence-corrected chi connectivity index (χ3v) is 3.35. The molecule has 0 spiro atoms. The molecule has 0 atom stereocenters. The van der Waals surface area contributed by atoms with Gasteiger partial charge >= 0.3 is 0 Å². The van der Waals surface area contributed by atoms with Crippen LogP contribution in [-0.2, 0) is 0 Å². The van der Waals surface area contributed by atoms with Gasteiger partial charge in [0.25, 0.3) is 5.91 Å². The van der Waals surface area contributed by atoms with Crippen LogP contribution < -0.4 is 16.0 Å². The molecule has 0 fully saturated rings. The van der Waals surface area contributed by atoms with Gasteiger partial charge in [-0.3, -0.25) is 4.79 Å². The topological polar surface area (TPSA) is 58.4 Å². The Morgan fingerprint density at radius 1 is 1.20 bits per heavy atom. The van der Waals surface area contributed by atoms with E-state index < -0.39 is 0 Å². The Morgan fingerprint density at radius 3 is 2.55 bits per heavy atom. The van der Waals surface area contributed by atoms with Crippen molar-refractivity contribution in [3.8, 4) is 0 Å². The van der Waals surface area contributed by atoms with E-state index in [4.69, 9.17) is 5.73 Å². The Hall–Kier alpha value is -2.01. The number of carbonyl (C=O) groups excluding carboxylic acids is 1. The number of rotatable bonds is 3. The van der Waals surface area contributed by atoms with Gasteiger partial charge in [-0.15, -0.1) is 0 Å². The van der Waals surface area contributed by atoms with Gasteiger partial charge in [0.2, 0.25) is 0 Å². The summed E-state index contributed by atoms with van der Waals surface area (Å²) in [6.07, 6.45) is 0. The van der Waals surface area contributed by atoms with E-state index in [1.807, 2.05) is 49.3 Å². The maximum atomic E-state index is 12.2. The van der Waals surface area contributed by atoms with Crippen LogP contribution in [0, 0.1) is 0 Å². The van der Waals surface area contributed by atoms with Crippen LogP contribution in [0.1, 0.15) is 10.4 Å². The Balaban J connectivity index is 2.19. The molecular weight excluding hydrogens is 318 g/mol. The predicted molar refractivity (Wildman–Crippen MR) is 87.3 cm³/mol. The molecule has 1 amide bonds. The molecule has 4 nitrogen and oxygen atoms in total. The molecule has 0 unspecified atom stereocenters. The second-order valence-corrected chi connectivity index (χ2v) is 5.55. The maximum absolute atomic E-state index is 12.2. The van der Waals surface area contributed by atoms with Crippen molar-refractivity contribution in [1.82, 2.24) is 0 Å². The minimum Gasteiger partial charge on any atom is -0.397 e. The van der Waals surface area contributed by atoms with Gasteiger partial charge in [-0.2, -0.15) is 0 Å². The molecule has 0 aliphatic heterocycles. The van der Waals surface area contributed by atoms with Gasteiger partial charge in [0.1, 0.15) is 0 Å². The maximum Gasteiger partial charge on any atom is 0.255 e. The first kappa shape index (κ1) is 14.4. The SMILES string of the molecule is CN(C)c1ccc(C(=O)Nc2cccc(Br)c2)cc1N. The number of anilines is 3. The van der Waals surface area contributed by atoms with Crippen molar-refractivity contribution in [3.63, 3.8) is 0 Å². The zero-order chi connectivity index (χ0) is 14.7. The van der Waals surface area contributed by atoms with E-state index >= 15 is 0 Å². The lowest BCUT2D eigenvalue weighted by Gasteiger charge is -2.16. The van der Waals surface area contributed by atoms with E-state index in [-0.39, 0.29) is 5.91 Å². The van der Waals surface area contributed by atoms with Crippen LogP contribution in [0.5, 0.6) is 0 Å². The molecule has 2 aromatic carbocycles. The molecule has 0 saturated heterocycles. The Labute approximate surface area is 126 Å². The molecule has 0 heterocycles. The van der Waals surface area contributed by atoms with E-state index in [9.17, 15) is 4.79 Å². The lowest BCUT2D eigenvalue weighted by atomic mass is 10.1. The van der Waals surface area contributed by atoms with E-state index in [0.29, 0.717) is 11.3 Å². The van der Waals surface area contributed by atoms with Crippen molar-refractivity contribution in [3.05, 3.63) is 52.5 Å². The van der Waals surface area contributed by atoms with Crippen LogP contribution in [0.25, 0.3) is 0 Å². The largest absolute Gasteiger partial charge is 0.397 e. The number of halogens is 1. The van der Waals surface area contributed by atoms with Gasteiger partial charge in [0, 0.05) is 29.8 Å². The molecule has 0 aliphatic carbocycles. The van der Waals surface area contributed by atoms with Crippen molar-refractivity contribution >= 4 is 38.9 Å². The van der Waals surface area contributed by atoms with Crippen molar-refractivity contribution in [2.75, 3.05) is 30.0 Å². The minimum absolute atomic E-state index is 0.180. The fourth-order valence-electron chi connectivity index (χ4n) is 1.87. The second-order valence-electron chi connectivity index (χ2n) is 4.63. The van der Waals surface area contributed by atoms with Gasteiger partial charge < -0.3 is 16.0 Å². The van der Waals surface area contributed by atoms with E-state index in [1.54, 1.807) is 12.1 Å². The van der Waals surface area contributed by atoms with E-state index in [2.05, 4.69) is 21.2 Å². The number of nitrogens with zero attached hydrogens (tertiary/aromatic N) is 1. The van der Waals surface area contributed by atoms with Gasteiger partial charge in [-0.25, -0.2) is 0 Å². The summed E-state index contributed by atoms with van der Waals surface area (Å²) in [4.78, 5) is 14.1. The molecule has 2 rings (SSSR count). The zero-order valence-corrected chi connectivity index (χ0v) is 12.9. The molecule has 3 N–H and O–H groups in total. The van der Waals surface area contributed by atoms with Crippen molar-refractivity contribution in [2.45, 2.75) is 0 Å². The summed E-state index contributed by atoms with van der Waals surface area (Å²) in [7, 11) is 3.82. The van der Waals surface area contributed by atoms with Gasteiger partial charge in [0.15, 0.2) is 0 Å². The molecule has 0 aromatic heterocycles. The highest BCUT2D eigenvalue weighted by molar-refractivity contribution is 9.10. The lowest BCUT2D eigenvalue weighted by Crippen LogP contribution is -2.15. The first-order chi connectivity index (χ1) is 9.47. The second kappa shape index (κ2) is 5.96. The number of carbonyl (C=O) groups is 1. The summed E-state index contributed by atoms with van der Waals surface area (Å²) >= 11 is 3.37. The van der Waals surface area contributed by atoms with Gasteiger partial charge in [0.05, 0.1) is 11.4 Å². The highest BCUT2D eigenvalue weighted by Crippen LogP contribution is 2.23. The molecule has 5 heteroatoms. The average Bonchev–Trinajstić information content (AvgIpc) is 2.38. The average molecular weight is 334 g/mol. The third kappa shape index (κ3) is 3.30. The number of hydrogen-bond acceptors (Lipinski definition) is 3. The van der Waals surface area contributed by atoms with Gasteiger partial charge in [-0.1, -0.05) is 22.0 Å². The predicted octanol–water partition coefficient (Wildman–Crippen LogP) is 3.35. The summed E-state index contributed by atoms with van der Waals surface area (Å²) < 4.78 is 0.915. The van der Waals surface area contributed by atoms with E-state index in [1.165, 1.54) is 0 Å². The monoisotopic (exact) mass is 333 g/mol. The summed E-state index contributed by atoms with van der Waals surface area (Å²) in [5.41, 5.74) is 8.69. The molecule has 20 heavy (non-hydrogen) atoms. The molecule has 0 aliphatic rings. The molecule has 0 radical (unpaired) electrons. The third-order valence-electron chi connectivity index (χ3n) is 2.85. The van der Waals surface area contributed by atoms with Crippen LogP contribution >= 0.6 is 15.9 Å². The highest BCUT2D eigenvalue weighted by Gasteiger charge is 2.09. The normalized spacial score (nSPS) is 10.2. The number of hydrogen-bond donors (Lipinski definition) is 2. The number of nitrogens with one attached hydrogen (secondary N) is 1. The molecule has 104 valence electrons. The highest BCUT2D eigenvalue weighted by atomic mass is 79.9. The van der Waals surface area contributed by atoms with Crippen molar-refractivity contribution < 1.29 is 4.79 Å².